The van der Waals surface area contributed by atoms with E-state index in [1.807, 2.05) is 30.3 Å². The van der Waals surface area contributed by atoms with Gasteiger partial charge < -0.3 is 16.4 Å². The lowest BCUT2D eigenvalue weighted by atomic mass is 10.3. The predicted molar refractivity (Wildman–Crippen MR) is 87.8 cm³/mol. The number of benzene rings is 1. The van der Waals surface area contributed by atoms with Crippen LogP contribution in [0.3, 0.4) is 0 Å². The van der Waals surface area contributed by atoms with Gasteiger partial charge in [-0.3, -0.25) is 0 Å². The van der Waals surface area contributed by atoms with Crippen molar-refractivity contribution in [2.24, 2.45) is 10.7 Å². The molecule has 0 radical (unpaired) electrons. The van der Waals surface area contributed by atoms with Gasteiger partial charge in [-0.1, -0.05) is 49.6 Å². The second-order valence-electron chi connectivity index (χ2n) is 3.87. The van der Waals surface area contributed by atoms with Crippen molar-refractivity contribution in [2.75, 3.05) is 5.32 Å². The van der Waals surface area contributed by atoms with E-state index in [-0.39, 0.29) is 5.96 Å². The molecule has 2 amide bonds. The molecule has 5 heteroatoms. The molecule has 1 rings (SSSR count). The third kappa shape index (κ3) is 6.58. The average Bonchev–Trinajstić information content (AvgIpc) is 2.45. The summed E-state index contributed by atoms with van der Waals surface area (Å²) < 4.78 is 0. The first-order valence-corrected chi connectivity index (χ1v) is 6.24. The molecule has 0 aliphatic carbocycles. The smallest absolute Gasteiger partial charge is 0.348 e. The lowest BCUT2D eigenvalue weighted by Crippen LogP contribution is -2.27. The number of para-hydroxylation sites is 1. The Bertz CT molecular complexity index is 586. The number of urea groups is 1. The van der Waals surface area contributed by atoms with Crippen LogP contribution in [0.2, 0.25) is 0 Å². The number of nitrogens with one attached hydrogen (secondary N) is 2. The molecule has 0 saturated carbocycles. The number of hydrogen-bond acceptors (Lipinski definition) is 1. The Morgan fingerprint density at radius 3 is 2.52 bits per heavy atom. The monoisotopic (exact) mass is 282 g/mol. The van der Waals surface area contributed by atoms with Crippen LogP contribution < -0.4 is 16.4 Å². The zero-order valence-corrected chi connectivity index (χ0v) is 11.6. The molecule has 0 unspecified atom stereocenters. The summed E-state index contributed by atoms with van der Waals surface area (Å²) in [6.07, 6.45) is 8.14. The van der Waals surface area contributed by atoms with Gasteiger partial charge in [0.1, 0.15) is 0 Å². The van der Waals surface area contributed by atoms with Crippen molar-refractivity contribution < 1.29 is 4.79 Å². The van der Waals surface area contributed by atoms with E-state index in [4.69, 9.17) is 5.73 Å². The van der Waals surface area contributed by atoms with E-state index >= 15 is 0 Å². The highest BCUT2D eigenvalue weighted by Crippen LogP contribution is 2.03. The minimum Gasteiger partial charge on any atom is -0.369 e. The number of hydrogen-bond donors (Lipinski definition) is 3. The molecule has 0 atom stereocenters. The summed E-state index contributed by atoms with van der Waals surface area (Å²) in [5.74, 6) is 0.00403. The maximum Gasteiger partial charge on any atom is 0.348 e. The van der Waals surface area contributed by atoms with Crippen LogP contribution in [0, 0.1) is 0 Å². The van der Waals surface area contributed by atoms with E-state index in [9.17, 15) is 4.79 Å². The molecule has 1 aromatic carbocycles. The second-order valence-corrected chi connectivity index (χ2v) is 3.87. The minimum absolute atomic E-state index is 0.00403. The minimum atomic E-state index is -0.585. The summed E-state index contributed by atoms with van der Waals surface area (Å²) >= 11 is 0. The molecule has 4 N–H and O–H groups in total. The SMILES string of the molecule is C=C/C=C\C(=C/C=C)NC(=O)/N=C(\N)Nc1ccccc1. The fourth-order valence-electron chi connectivity index (χ4n) is 1.40. The average molecular weight is 282 g/mol. The maximum absolute atomic E-state index is 11.7. The first-order valence-electron chi connectivity index (χ1n) is 6.24. The van der Waals surface area contributed by atoms with Crippen LogP contribution in [0.15, 0.2) is 84.6 Å². The van der Waals surface area contributed by atoms with Crippen molar-refractivity contribution in [2.45, 2.75) is 0 Å². The quantitative estimate of drug-likeness (QED) is 0.441. The van der Waals surface area contributed by atoms with Gasteiger partial charge in [0.05, 0.1) is 0 Å². The van der Waals surface area contributed by atoms with Gasteiger partial charge in [0, 0.05) is 11.4 Å². The van der Waals surface area contributed by atoms with Crippen molar-refractivity contribution in [3.63, 3.8) is 0 Å². The molecule has 0 saturated heterocycles. The van der Waals surface area contributed by atoms with Crippen LogP contribution in [0.4, 0.5) is 10.5 Å². The number of guanidine groups is 1. The number of amides is 2. The van der Waals surface area contributed by atoms with Crippen molar-refractivity contribution >= 4 is 17.7 Å². The molecular formula is C16H18N4O. The van der Waals surface area contributed by atoms with Gasteiger partial charge >= 0.3 is 6.03 Å². The fourth-order valence-corrected chi connectivity index (χ4v) is 1.40. The molecule has 5 nitrogen and oxygen atoms in total. The van der Waals surface area contributed by atoms with Crippen LogP contribution in [0.25, 0.3) is 0 Å². The topological polar surface area (TPSA) is 79.5 Å². The Labute approximate surface area is 124 Å². The molecule has 108 valence electrons. The number of carbonyl (C=O) groups is 1. The van der Waals surface area contributed by atoms with E-state index < -0.39 is 6.03 Å². The van der Waals surface area contributed by atoms with E-state index in [2.05, 4.69) is 28.8 Å². The van der Waals surface area contributed by atoms with Crippen molar-refractivity contribution in [1.29, 1.82) is 0 Å². The van der Waals surface area contributed by atoms with Gasteiger partial charge in [-0.05, 0) is 24.3 Å². The summed E-state index contributed by atoms with van der Waals surface area (Å²) in [7, 11) is 0. The Morgan fingerprint density at radius 1 is 1.19 bits per heavy atom. The molecule has 1 aromatic rings. The Hall–Kier alpha value is -3.08. The van der Waals surface area contributed by atoms with Gasteiger partial charge in [-0.15, -0.1) is 0 Å². The third-order valence-corrected chi connectivity index (χ3v) is 2.23. The highest BCUT2D eigenvalue weighted by atomic mass is 16.2. The molecule has 0 heterocycles. The molecule has 0 aromatic heterocycles. The van der Waals surface area contributed by atoms with Gasteiger partial charge in [-0.2, -0.15) is 4.99 Å². The number of rotatable bonds is 5. The molecule has 0 fully saturated rings. The van der Waals surface area contributed by atoms with E-state index in [1.54, 1.807) is 30.4 Å². The zero-order valence-electron chi connectivity index (χ0n) is 11.6. The van der Waals surface area contributed by atoms with E-state index in [1.165, 1.54) is 0 Å². The summed E-state index contributed by atoms with van der Waals surface area (Å²) in [5.41, 5.74) is 6.94. The van der Waals surface area contributed by atoms with E-state index in [0.29, 0.717) is 5.70 Å². The largest absolute Gasteiger partial charge is 0.369 e. The number of allylic oxidation sites excluding steroid dienone is 5. The van der Waals surface area contributed by atoms with Crippen LogP contribution in [0.5, 0.6) is 0 Å². The van der Waals surface area contributed by atoms with Crippen molar-refractivity contribution in [3.8, 4) is 0 Å². The standard InChI is InChI=1S/C16H18N4O/c1-3-5-10-13(9-4-2)19-16(21)20-15(17)18-14-11-7-6-8-12-14/h3-12H,1-2H2,(H4,17,18,19,20,21)/b10-5-,13-9+. The lowest BCUT2D eigenvalue weighted by molar-refractivity contribution is 0.252. The second kappa shape index (κ2) is 8.92. The fraction of sp³-hybridized carbons (Fsp3) is 0. The molecule has 0 aliphatic rings. The van der Waals surface area contributed by atoms with E-state index in [0.717, 1.165) is 5.69 Å². The highest BCUT2D eigenvalue weighted by Gasteiger charge is 2.02. The number of aliphatic imine (C=N–C) groups is 1. The third-order valence-electron chi connectivity index (χ3n) is 2.23. The lowest BCUT2D eigenvalue weighted by Gasteiger charge is -2.05. The predicted octanol–water partition coefficient (Wildman–Crippen LogP) is 2.93. The Kier molecular flexibility index (Phi) is 6.79. The molecule has 0 spiro atoms. The number of anilines is 1. The Balaban J connectivity index is 2.67. The first kappa shape index (κ1) is 16.0. The molecule has 21 heavy (non-hydrogen) atoms. The number of nitrogens with zero attached hydrogens (tertiary/aromatic N) is 1. The summed E-state index contributed by atoms with van der Waals surface area (Å²) in [4.78, 5) is 15.4. The first-order chi connectivity index (χ1) is 10.2. The van der Waals surface area contributed by atoms with Crippen LogP contribution >= 0.6 is 0 Å². The molecule has 0 bridgehead atoms. The maximum atomic E-state index is 11.7. The van der Waals surface area contributed by atoms with Gasteiger partial charge in [0.25, 0.3) is 0 Å². The summed E-state index contributed by atoms with van der Waals surface area (Å²) in [6.45, 7) is 7.13. The van der Waals surface area contributed by atoms with Gasteiger partial charge in [0.2, 0.25) is 5.96 Å². The normalized spacial score (nSPS) is 12.0. The number of carbonyl (C=O) groups excluding carboxylic acids is 1. The van der Waals surface area contributed by atoms with Crippen LogP contribution in [-0.2, 0) is 0 Å². The summed E-state index contributed by atoms with van der Waals surface area (Å²) in [5, 5.41) is 5.39. The summed E-state index contributed by atoms with van der Waals surface area (Å²) in [6, 6.07) is 8.62. The van der Waals surface area contributed by atoms with Crippen molar-refractivity contribution in [1.82, 2.24) is 5.32 Å². The van der Waals surface area contributed by atoms with Crippen LogP contribution in [0.1, 0.15) is 0 Å². The highest BCUT2D eigenvalue weighted by molar-refractivity contribution is 5.99. The molecular weight excluding hydrogens is 264 g/mol. The van der Waals surface area contributed by atoms with Crippen LogP contribution in [-0.4, -0.2) is 12.0 Å². The zero-order chi connectivity index (χ0) is 15.5. The number of nitrogens with two attached hydrogens (primary N) is 1. The van der Waals surface area contributed by atoms with Gasteiger partial charge in [0.15, 0.2) is 0 Å². The van der Waals surface area contributed by atoms with Crippen molar-refractivity contribution in [3.05, 3.63) is 79.6 Å². The molecule has 0 aliphatic heterocycles. The van der Waals surface area contributed by atoms with Gasteiger partial charge in [-0.25, -0.2) is 4.79 Å². The Morgan fingerprint density at radius 2 is 1.90 bits per heavy atom.